The van der Waals surface area contributed by atoms with Crippen LogP contribution in [-0.4, -0.2) is 72.6 Å². The van der Waals surface area contributed by atoms with Gasteiger partial charge in [0.2, 0.25) is 5.91 Å². The summed E-state index contributed by atoms with van der Waals surface area (Å²) in [6.07, 6.45) is -0.123. The Hall–Kier alpha value is -2.77. The number of hydrogen-bond acceptors (Lipinski definition) is 5. The first kappa shape index (κ1) is 21.0. The first-order valence-electron chi connectivity index (χ1n) is 10.0. The second kappa shape index (κ2) is 8.31. The third-order valence-corrected chi connectivity index (χ3v) is 5.24. The van der Waals surface area contributed by atoms with Crippen molar-refractivity contribution in [2.75, 3.05) is 44.2 Å². The Labute approximate surface area is 171 Å². The molecule has 0 radical (unpaired) electrons. The molecular weight excluding hydrogens is 374 g/mol. The van der Waals surface area contributed by atoms with Crippen LogP contribution in [0.25, 0.3) is 0 Å². The zero-order valence-corrected chi connectivity index (χ0v) is 17.6. The average molecular weight is 403 g/mol. The standard InChI is InChI=1S/C21H29N3O5/c1-5-28-20(27)23-12-10-22(11-13-23)18(25)8-9-24-16-14-15(2)6-7-17(16)29-21(3,4)19(24)26/h6-7,14H,5,8-13H2,1-4H3. The Bertz CT molecular complexity index is 800. The van der Waals surface area contributed by atoms with E-state index in [1.165, 1.54) is 0 Å². The second-order valence-corrected chi connectivity index (χ2v) is 7.86. The van der Waals surface area contributed by atoms with Crippen molar-refractivity contribution in [3.05, 3.63) is 23.8 Å². The van der Waals surface area contributed by atoms with E-state index >= 15 is 0 Å². The van der Waals surface area contributed by atoms with Crippen LogP contribution in [0.3, 0.4) is 0 Å². The summed E-state index contributed by atoms with van der Waals surface area (Å²) in [5, 5.41) is 0. The van der Waals surface area contributed by atoms with Gasteiger partial charge < -0.3 is 24.2 Å². The molecule has 8 heteroatoms. The van der Waals surface area contributed by atoms with Crippen LogP contribution < -0.4 is 9.64 Å². The number of fused-ring (bicyclic) bond motifs is 1. The van der Waals surface area contributed by atoms with Crippen LogP contribution >= 0.6 is 0 Å². The highest BCUT2D eigenvalue weighted by Gasteiger charge is 2.41. The summed E-state index contributed by atoms with van der Waals surface area (Å²) in [5.74, 6) is 0.464. The SMILES string of the molecule is CCOC(=O)N1CCN(C(=O)CCN2C(=O)C(C)(C)Oc3ccc(C)cc32)CC1. The highest BCUT2D eigenvalue weighted by Crippen LogP contribution is 2.38. The van der Waals surface area contributed by atoms with Crippen LogP contribution in [0, 0.1) is 6.92 Å². The number of aryl methyl sites for hydroxylation is 1. The monoisotopic (exact) mass is 403 g/mol. The number of piperazine rings is 1. The van der Waals surface area contributed by atoms with Crippen molar-refractivity contribution in [3.63, 3.8) is 0 Å². The van der Waals surface area contributed by atoms with Crippen LogP contribution in [0.15, 0.2) is 18.2 Å². The van der Waals surface area contributed by atoms with Crippen LogP contribution in [0.5, 0.6) is 5.75 Å². The van der Waals surface area contributed by atoms with Gasteiger partial charge in [0.1, 0.15) is 5.75 Å². The van der Waals surface area contributed by atoms with E-state index in [9.17, 15) is 14.4 Å². The maximum atomic E-state index is 12.9. The van der Waals surface area contributed by atoms with Crippen molar-refractivity contribution >= 4 is 23.6 Å². The molecule has 29 heavy (non-hydrogen) atoms. The zero-order chi connectivity index (χ0) is 21.2. The summed E-state index contributed by atoms with van der Waals surface area (Å²) < 4.78 is 10.9. The Balaban J connectivity index is 1.62. The first-order chi connectivity index (χ1) is 13.7. The minimum absolute atomic E-state index is 0.0280. The Morgan fingerprint density at radius 1 is 1.14 bits per heavy atom. The van der Waals surface area contributed by atoms with E-state index in [1.54, 1.807) is 35.5 Å². The minimum atomic E-state index is -0.976. The number of nitrogens with zero attached hydrogens (tertiary/aromatic N) is 3. The number of ether oxygens (including phenoxy) is 2. The molecule has 2 aliphatic heterocycles. The topological polar surface area (TPSA) is 79.4 Å². The predicted molar refractivity (Wildman–Crippen MR) is 108 cm³/mol. The van der Waals surface area contributed by atoms with Crippen LogP contribution in [0.4, 0.5) is 10.5 Å². The van der Waals surface area contributed by atoms with Gasteiger partial charge in [0.15, 0.2) is 5.60 Å². The Morgan fingerprint density at radius 2 is 1.79 bits per heavy atom. The van der Waals surface area contributed by atoms with Crippen LogP contribution in [-0.2, 0) is 14.3 Å². The summed E-state index contributed by atoms with van der Waals surface area (Å²) >= 11 is 0. The number of anilines is 1. The van der Waals surface area contributed by atoms with E-state index in [2.05, 4.69) is 0 Å². The first-order valence-corrected chi connectivity index (χ1v) is 10.0. The molecule has 2 heterocycles. The number of carbonyl (C=O) groups excluding carboxylic acids is 3. The number of rotatable bonds is 4. The van der Waals surface area contributed by atoms with E-state index < -0.39 is 5.60 Å². The lowest BCUT2D eigenvalue weighted by atomic mass is 10.0. The van der Waals surface area contributed by atoms with Gasteiger partial charge in [-0.15, -0.1) is 0 Å². The molecule has 0 atom stereocenters. The van der Waals surface area contributed by atoms with Gasteiger partial charge in [-0.25, -0.2) is 4.79 Å². The molecule has 3 rings (SSSR count). The van der Waals surface area contributed by atoms with E-state index in [4.69, 9.17) is 9.47 Å². The largest absolute Gasteiger partial charge is 0.476 e. The number of hydrogen-bond donors (Lipinski definition) is 0. The molecule has 0 aromatic heterocycles. The molecular formula is C21H29N3O5. The molecule has 0 spiro atoms. The maximum Gasteiger partial charge on any atom is 0.409 e. The van der Waals surface area contributed by atoms with E-state index in [-0.39, 0.29) is 24.3 Å². The molecule has 1 aromatic rings. The Kier molecular flexibility index (Phi) is 6.00. The number of amides is 3. The van der Waals surface area contributed by atoms with Crippen molar-refractivity contribution in [1.82, 2.24) is 9.80 Å². The molecule has 158 valence electrons. The van der Waals surface area contributed by atoms with Gasteiger partial charge >= 0.3 is 6.09 Å². The van der Waals surface area contributed by atoms with Crippen molar-refractivity contribution in [2.24, 2.45) is 0 Å². The average Bonchev–Trinajstić information content (AvgIpc) is 2.69. The van der Waals surface area contributed by atoms with Crippen molar-refractivity contribution < 1.29 is 23.9 Å². The predicted octanol–water partition coefficient (Wildman–Crippen LogP) is 2.19. The molecule has 0 unspecified atom stereocenters. The molecule has 1 saturated heterocycles. The van der Waals surface area contributed by atoms with Gasteiger partial charge in [-0.1, -0.05) is 6.07 Å². The maximum absolute atomic E-state index is 12.9. The summed E-state index contributed by atoms with van der Waals surface area (Å²) in [6.45, 7) is 9.67. The van der Waals surface area contributed by atoms with Gasteiger partial charge in [-0.3, -0.25) is 9.59 Å². The van der Waals surface area contributed by atoms with Crippen LogP contribution in [0.2, 0.25) is 0 Å². The number of carbonyl (C=O) groups is 3. The summed E-state index contributed by atoms with van der Waals surface area (Å²) in [6, 6.07) is 5.71. The van der Waals surface area contributed by atoms with Crippen molar-refractivity contribution in [3.8, 4) is 5.75 Å². The summed E-state index contributed by atoms with van der Waals surface area (Å²) in [4.78, 5) is 42.4. The molecule has 0 N–H and O–H groups in total. The van der Waals surface area contributed by atoms with Gasteiger partial charge in [-0.05, 0) is 45.4 Å². The lowest BCUT2D eigenvalue weighted by molar-refractivity contribution is -0.134. The fraction of sp³-hybridized carbons (Fsp3) is 0.571. The normalized spacial score (nSPS) is 18.2. The molecule has 1 aromatic carbocycles. The highest BCUT2D eigenvalue weighted by atomic mass is 16.6. The van der Waals surface area contributed by atoms with Gasteiger partial charge in [0, 0.05) is 39.1 Å². The van der Waals surface area contributed by atoms with E-state index in [0.717, 1.165) is 5.56 Å². The Morgan fingerprint density at radius 3 is 2.45 bits per heavy atom. The fourth-order valence-corrected chi connectivity index (χ4v) is 3.62. The van der Waals surface area contributed by atoms with Gasteiger partial charge in [0.25, 0.3) is 5.91 Å². The van der Waals surface area contributed by atoms with Gasteiger partial charge in [-0.2, -0.15) is 0 Å². The molecule has 0 aliphatic carbocycles. The summed E-state index contributed by atoms with van der Waals surface area (Å²) in [5.41, 5.74) is 0.747. The van der Waals surface area contributed by atoms with E-state index in [1.807, 2.05) is 25.1 Å². The molecule has 8 nitrogen and oxygen atoms in total. The number of benzene rings is 1. The van der Waals surface area contributed by atoms with Crippen LogP contribution in [0.1, 0.15) is 32.8 Å². The lowest BCUT2D eigenvalue weighted by Crippen LogP contribution is -2.54. The van der Waals surface area contributed by atoms with Gasteiger partial charge in [0.05, 0.1) is 12.3 Å². The molecule has 0 saturated carbocycles. The highest BCUT2D eigenvalue weighted by molar-refractivity contribution is 6.02. The smallest absolute Gasteiger partial charge is 0.409 e. The second-order valence-electron chi connectivity index (χ2n) is 7.86. The quantitative estimate of drug-likeness (QED) is 0.770. The zero-order valence-electron chi connectivity index (χ0n) is 17.6. The van der Waals surface area contributed by atoms with E-state index in [0.29, 0.717) is 50.8 Å². The van der Waals surface area contributed by atoms with Crippen molar-refractivity contribution in [1.29, 1.82) is 0 Å². The molecule has 3 amide bonds. The lowest BCUT2D eigenvalue weighted by Gasteiger charge is -2.39. The molecule has 0 bridgehead atoms. The minimum Gasteiger partial charge on any atom is -0.476 e. The molecule has 1 fully saturated rings. The van der Waals surface area contributed by atoms with Crippen molar-refractivity contribution in [2.45, 2.75) is 39.7 Å². The molecule has 2 aliphatic rings. The summed E-state index contributed by atoms with van der Waals surface area (Å²) in [7, 11) is 0. The fourth-order valence-electron chi connectivity index (χ4n) is 3.62. The third kappa shape index (κ3) is 4.46. The third-order valence-electron chi connectivity index (χ3n) is 5.24.